The fourth-order valence-corrected chi connectivity index (χ4v) is 5.35. The number of azo groups is 2. The third-order valence-electron chi connectivity index (χ3n) is 5.80. The molecule has 1 radical (unpaired) electrons. The molecule has 0 aliphatic carbocycles. The molecule has 0 fully saturated rings. The zero-order valence-corrected chi connectivity index (χ0v) is 23.9. The minimum absolute atomic E-state index is 0.0503. The molecule has 4 aromatic carbocycles. The Kier molecular flexibility index (Phi) is 8.13. The van der Waals surface area contributed by atoms with E-state index in [-0.39, 0.29) is 38.8 Å². The number of methoxy groups -OCH3 is 1. The van der Waals surface area contributed by atoms with Gasteiger partial charge in [0.2, 0.25) is 0 Å². The molecule has 0 bridgehead atoms. The number of fused-ring (bicyclic) bond motifs is 1. The lowest BCUT2D eigenvalue weighted by molar-refractivity contribution is 0.416. The minimum atomic E-state index is -4.84. The van der Waals surface area contributed by atoms with Gasteiger partial charge >= 0.3 is 0 Å². The van der Waals surface area contributed by atoms with Crippen molar-refractivity contribution >= 4 is 69.6 Å². The number of hydrogen-bond acceptors (Lipinski definition) is 11. The summed E-state index contributed by atoms with van der Waals surface area (Å²) in [5, 5.41) is 16.7. The van der Waals surface area contributed by atoms with Gasteiger partial charge in [0, 0.05) is 16.8 Å². The number of benzene rings is 4. The van der Waals surface area contributed by atoms with E-state index in [0.717, 1.165) is 18.2 Å². The Hall–Kier alpha value is -4.33. The first-order valence-electron chi connectivity index (χ1n) is 11.4. The molecule has 0 aromatic heterocycles. The van der Waals surface area contributed by atoms with Crippen molar-refractivity contribution in [1.82, 2.24) is 5.73 Å². The normalized spacial score (nSPS) is 12.9. The highest BCUT2D eigenvalue weighted by Gasteiger charge is 2.20. The SMILES string of the molecule is COc1cc(N=Nc2ccc([NH])c3ccc(S(=O)(=O)O)cc23)c(C)cc1N=Nc1cc(S(=O)(=O)O)ccc1S(=O)(=O)O. The Morgan fingerprint density at radius 3 is 1.81 bits per heavy atom. The molecular formula is C24H20N5O10S3. The Bertz CT molecular complexity index is 2130. The Morgan fingerprint density at radius 2 is 1.19 bits per heavy atom. The molecule has 0 aliphatic heterocycles. The molecule has 4 aromatic rings. The minimum Gasteiger partial charge on any atom is -0.494 e. The van der Waals surface area contributed by atoms with Gasteiger partial charge in [-0.2, -0.15) is 30.4 Å². The first-order valence-corrected chi connectivity index (χ1v) is 15.7. The quantitative estimate of drug-likeness (QED) is 0.159. The van der Waals surface area contributed by atoms with E-state index in [1.165, 1.54) is 43.5 Å². The van der Waals surface area contributed by atoms with Gasteiger partial charge in [0.1, 0.15) is 22.0 Å². The van der Waals surface area contributed by atoms with Gasteiger partial charge in [0.25, 0.3) is 30.4 Å². The third kappa shape index (κ3) is 6.59. The predicted molar refractivity (Wildman–Crippen MR) is 149 cm³/mol. The highest BCUT2D eigenvalue weighted by Crippen LogP contribution is 2.39. The molecule has 0 heterocycles. The molecule has 0 amide bonds. The van der Waals surface area contributed by atoms with Crippen molar-refractivity contribution in [2.24, 2.45) is 20.5 Å². The molecule has 42 heavy (non-hydrogen) atoms. The van der Waals surface area contributed by atoms with Crippen LogP contribution >= 0.6 is 0 Å². The third-order valence-corrected chi connectivity index (χ3v) is 8.40. The van der Waals surface area contributed by atoms with Crippen molar-refractivity contribution < 1.29 is 43.6 Å². The van der Waals surface area contributed by atoms with Crippen LogP contribution in [0.1, 0.15) is 5.56 Å². The molecule has 0 unspecified atom stereocenters. The van der Waals surface area contributed by atoms with Crippen LogP contribution < -0.4 is 10.5 Å². The Balaban J connectivity index is 1.76. The molecule has 0 saturated heterocycles. The first-order chi connectivity index (χ1) is 19.5. The highest BCUT2D eigenvalue weighted by atomic mass is 32.2. The van der Waals surface area contributed by atoms with E-state index in [0.29, 0.717) is 17.0 Å². The molecule has 0 spiro atoms. The van der Waals surface area contributed by atoms with Gasteiger partial charge in [-0.15, -0.1) is 15.3 Å². The maximum Gasteiger partial charge on any atom is 0.296 e. The summed E-state index contributed by atoms with van der Waals surface area (Å²) in [4.78, 5) is -1.83. The molecule has 4 rings (SSSR count). The topological polar surface area (TPSA) is 246 Å². The number of nitrogens with zero attached hydrogens (tertiary/aromatic N) is 4. The van der Waals surface area contributed by atoms with Gasteiger partial charge in [-0.3, -0.25) is 13.7 Å². The number of rotatable bonds is 8. The van der Waals surface area contributed by atoms with Crippen molar-refractivity contribution in [3.05, 3.63) is 66.2 Å². The van der Waals surface area contributed by atoms with Crippen molar-refractivity contribution in [3.63, 3.8) is 0 Å². The van der Waals surface area contributed by atoms with Gasteiger partial charge in [0.15, 0.2) is 0 Å². The first kappa shape index (κ1) is 30.6. The summed E-state index contributed by atoms with van der Waals surface area (Å²) in [6.45, 7) is 1.62. The number of nitrogens with one attached hydrogen (secondary N) is 1. The molecule has 0 saturated carbocycles. The summed E-state index contributed by atoms with van der Waals surface area (Å²) in [6, 6.07) is 11.7. The fraction of sp³-hybridized carbons (Fsp3) is 0.0833. The average Bonchev–Trinajstić information content (AvgIpc) is 2.90. The van der Waals surface area contributed by atoms with Crippen LogP contribution in [0.3, 0.4) is 0 Å². The fourth-order valence-electron chi connectivity index (χ4n) is 3.74. The summed E-state index contributed by atoms with van der Waals surface area (Å²) >= 11 is 0. The van der Waals surface area contributed by atoms with Gasteiger partial charge in [0.05, 0.1) is 34.0 Å². The lowest BCUT2D eigenvalue weighted by atomic mass is 10.1. The zero-order chi connectivity index (χ0) is 31.0. The second-order valence-corrected chi connectivity index (χ2v) is 12.8. The second-order valence-electron chi connectivity index (χ2n) is 8.60. The summed E-state index contributed by atoms with van der Waals surface area (Å²) in [7, 11) is -12.8. The summed E-state index contributed by atoms with van der Waals surface area (Å²) in [5.41, 5.74) is 8.58. The van der Waals surface area contributed by atoms with Crippen LogP contribution in [0.25, 0.3) is 10.8 Å². The Morgan fingerprint density at radius 1 is 0.619 bits per heavy atom. The molecule has 4 N–H and O–H groups in total. The smallest absolute Gasteiger partial charge is 0.296 e. The molecular weight excluding hydrogens is 614 g/mol. The number of ether oxygens (including phenoxy) is 1. The van der Waals surface area contributed by atoms with Crippen LogP contribution in [0.2, 0.25) is 0 Å². The van der Waals surface area contributed by atoms with Gasteiger partial charge in [-0.1, -0.05) is 6.07 Å². The van der Waals surface area contributed by atoms with Crippen LogP contribution in [0.15, 0.2) is 95.8 Å². The van der Waals surface area contributed by atoms with Crippen LogP contribution in [0.5, 0.6) is 5.75 Å². The Labute approximate surface area is 239 Å². The molecule has 18 heteroatoms. The van der Waals surface area contributed by atoms with E-state index in [4.69, 9.17) is 10.5 Å². The molecule has 0 aliphatic rings. The van der Waals surface area contributed by atoms with Crippen LogP contribution in [0, 0.1) is 6.92 Å². The van der Waals surface area contributed by atoms with E-state index >= 15 is 0 Å². The van der Waals surface area contributed by atoms with Gasteiger partial charge in [-0.25, -0.2) is 0 Å². The maximum absolute atomic E-state index is 11.7. The average molecular weight is 635 g/mol. The molecule has 0 atom stereocenters. The van der Waals surface area contributed by atoms with Crippen molar-refractivity contribution in [2.75, 3.05) is 7.11 Å². The van der Waals surface area contributed by atoms with Crippen molar-refractivity contribution in [1.29, 1.82) is 0 Å². The van der Waals surface area contributed by atoms with Crippen LogP contribution in [0.4, 0.5) is 28.4 Å². The van der Waals surface area contributed by atoms with E-state index in [9.17, 15) is 38.9 Å². The second kappa shape index (κ2) is 11.2. The van der Waals surface area contributed by atoms with E-state index in [2.05, 4.69) is 20.5 Å². The standard InChI is InChI=1S/C24H20N5O10S3/c1-13-9-21(28-29-22-11-15(41(33,34)35)4-8-24(22)42(36,37)38)23(39-2)12-20(13)27-26-19-7-6-18(25)16-5-3-14(10-17(16)19)40(30,31)32/h3-12,25H,1-2H3,(H,30,31,32)(H,33,34,35)(H,36,37,38). The summed E-state index contributed by atoms with van der Waals surface area (Å²) < 4.78 is 103. The maximum atomic E-state index is 11.7. The number of aryl methyl sites for hydroxylation is 1. The highest BCUT2D eigenvalue weighted by molar-refractivity contribution is 7.86. The summed E-state index contributed by atoms with van der Waals surface area (Å²) in [5.74, 6) is 0.0812. The van der Waals surface area contributed by atoms with Crippen LogP contribution in [-0.2, 0) is 30.4 Å². The van der Waals surface area contributed by atoms with Gasteiger partial charge in [-0.05, 0) is 61.0 Å². The van der Waals surface area contributed by atoms with E-state index < -0.39 is 45.8 Å². The largest absolute Gasteiger partial charge is 0.494 e. The van der Waals surface area contributed by atoms with Crippen molar-refractivity contribution in [2.45, 2.75) is 21.6 Å². The van der Waals surface area contributed by atoms with Gasteiger partial charge < -0.3 is 10.5 Å². The molecule has 15 nitrogen and oxygen atoms in total. The van der Waals surface area contributed by atoms with Crippen LogP contribution in [-0.4, -0.2) is 46.0 Å². The summed E-state index contributed by atoms with van der Waals surface area (Å²) in [6.07, 6.45) is 0. The lowest BCUT2D eigenvalue weighted by Crippen LogP contribution is -2.02. The van der Waals surface area contributed by atoms with E-state index in [1.807, 2.05) is 0 Å². The lowest BCUT2D eigenvalue weighted by Gasteiger charge is -2.09. The van der Waals surface area contributed by atoms with Crippen molar-refractivity contribution in [3.8, 4) is 5.75 Å². The van der Waals surface area contributed by atoms with E-state index in [1.54, 1.807) is 6.92 Å². The zero-order valence-electron chi connectivity index (χ0n) is 21.5. The monoisotopic (exact) mass is 634 g/mol. The molecule has 219 valence electrons. The predicted octanol–water partition coefficient (Wildman–Crippen LogP) is 5.64. The number of hydrogen-bond donors (Lipinski definition) is 3.